The predicted octanol–water partition coefficient (Wildman–Crippen LogP) is 5.22. The highest BCUT2D eigenvalue weighted by Crippen LogP contribution is 2.28. The van der Waals surface area contributed by atoms with Crippen LogP contribution < -0.4 is 9.90 Å². The summed E-state index contributed by atoms with van der Waals surface area (Å²) in [6, 6.07) is 26.3. The Hall–Kier alpha value is -3.14. The average molecular weight is 290 g/mol. The van der Waals surface area contributed by atoms with Crippen LogP contribution in [0.3, 0.4) is 0 Å². The molecule has 0 fully saturated rings. The van der Waals surface area contributed by atoms with E-state index in [1.807, 2.05) is 60.7 Å². The molecule has 0 aliphatic rings. The van der Waals surface area contributed by atoms with Crippen molar-refractivity contribution in [1.29, 1.82) is 0 Å². The zero-order valence-electron chi connectivity index (χ0n) is 11.8. The van der Waals surface area contributed by atoms with Crippen molar-refractivity contribution >= 4 is 17.1 Å². The van der Waals surface area contributed by atoms with Crippen LogP contribution >= 0.6 is 0 Å². The highest BCUT2D eigenvalue weighted by Gasteiger charge is 2.11. The van der Waals surface area contributed by atoms with Crippen LogP contribution in [0.2, 0.25) is 0 Å². The minimum Gasteiger partial charge on any atom is -0.375 e. The molecule has 3 rings (SSSR count). The van der Waals surface area contributed by atoms with Crippen LogP contribution in [0.25, 0.3) is 0 Å². The van der Waals surface area contributed by atoms with E-state index in [2.05, 4.69) is 5.18 Å². The zero-order valence-corrected chi connectivity index (χ0v) is 11.8. The van der Waals surface area contributed by atoms with Crippen LogP contribution in [0.4, 0.5) is 17.1 Å². The Balaban J connectivity index is 1.93. The molecule has 4 heteroatoms. The van der Waals surface area contributed by atoms with Crippen LogP contribution in [0.1, 0.15) is 0 Å². The van der Waals surface area contributed by atoms with Gasteiger partial charge in [0.1, 0.15) is 5.69 Å². The van der Waals surface area contributed by atoms with Crippen molar-refractivity contribution in [2.45, 2.75) is 0 Å². The van der Waals surface area contributed by atoms with Gasteiger partial charge in [0.25, 0.3) is 0 Å². The van der Waals surface area contributed by atoms with E-state index in [0.29, 0.717) is 11.4 Å². The standard InChI is InChI=1S/C18H14N2O2/c21-19-15-11-13-18(14-12-15)22-20(16-7-3-1-4-8-16)17-9-5-2-6-10-17/h1-14H. The van der Waals surface area contributed by atoms with E-state index >= 15 is 0 Å². The van der Waals surface area contributed by atoms with E-state index < -0.39 is 0 Å². The Bertz CT molecular complexity index is 689. The van der Waals surface area contributed by atoms with Crippen LogP contribution in [0.5, 0.6) is 5.75 Å². The molecular formula is C18H14N2O2. The second-order valence-electron chi connectivity index (χ2n) is 4.64. The van der Waals surface area contributed by atoms with E-state index in [1.165, 1.54) is 0 Å². The van der Waals surface area contributed by atoms with E-state index in [1.54, 1.807) is 29.3 Å². The van der Waals surface area contributed by atoms with E-state index in [-0.39, 0.29) is 0 Å². The second-order valence-corrected chi connectivity index (χ2v) is 4.64. The Morgan fingerprint density at radius 2 is 1.18 bits per heavy atom. The topological polar surface area (TPSA) is 41.9 Å². The van der Waals surface area contributed by atoms with Gasteiger partial charge < -0.3 is 4.84 Å². The summed E-state index contributed by atoms with van der Waals surface area (Å²) in [7, 11) is 0. The van der Waals surface area contributed by atoms with Crippen molar-refractivity contribution < 1.29 is 4.84 Å². The summed E-state index contributed by atoms with van der Waals surface area (Å²) in [5.74, 6) is 0.625. The molecule has 0 saturated heterocycles. The number of hydrogen-bond donors (Lipinski definition) is 0. The summed E-state index contributed by atoms with van der Waals surface area (Å²) in [5.41, 5.74) is 2.19. The summed E-state index contributed by atoms with van der Waals surface area (Å²) in [6.45, 7) is 0. The van der Waals surface area contributed by atoms with Gasteiger partial charge in [-0.1, -0.05) is 36.4 Å². The minimum atomic E-state index is 0.373. The summed E-state index contributed by atoms with van der Waals surface area (Å²) < 4.78 is 0. The molecule has 3 aromatic rings. The van der Waals surface area contributed by atoms with E-state index in [9.17, 15) is 4.91 Å². The molecule has 0 aliphatic carbocycles. The summed E-state index contributed by atoms with van der Waals surface area (Å²) in [5, 5.41) is 4.63. The van der Waals surface area contributed by atoms with Crippen molar-refractivity contribution in [3.05, 3.63) is 89.8 Å². The third kappa shape index (κ3) is 3.12. The Morgan fingerprint density at radius 3 is 1.64 bits per heavy atom. The van der Waals surface area contributed by atoms with Crippen LogP contribution in [-0.2, 0) is 0 Å². The lowest BCUT2D eigenvalue weighted by Crippen LogP contribution is -2.21. The predicted molar refractivity (Wildman–Crippen MR) is 87.5 cm³/mol. The first-order valence-electron chi connectivity index (χ1n) is 6.88. The van der Waals surface area contributed by atoms with Gasteiger partial charge in [-0.05, 0) is 53.7 Å². The number of rotatable bonds is 5. The van der Waals surface area contributed by atoms with Gasteiger partial charge in [-0.15, -0.1) is 4.91 Å². The lowest BCUT2D eigenvalue weighted by atomic mass is 10.2. The van der Waals surface area contributed by atoms with Crippen LogP contribution in [0.15, 0.2) is 90.1 Å². The summed E-state index contributed by atoms with van der Waals surface area (Å²) in [6.07, 6.45) is 0. The number of para-hydroxylation sites is 2. The first kappa shape index (κ1) is 13.8. The molecule has 22 heavy (non-hydrogen) atoms. The fourth-order valence-electron chi connectivity index (χ4n) is 2.05. The number of anilines is 2. The quantitative estimate of drug-likeness (QED) is 0.478. The Kier molecular flexibility index (Phi) is 4.11. The molecule has 0 N–H and O–H groups in total. The Morgan fingerprint density at radius 1 is 0.682 bits per heavy atom. The summed E-state index contributed by atoms with van der Waals surface area (Å²) in [4.78, 5) is 16.5. The number of benzene rings is 3. The number of nitroso groups, excluding NO2 is 1. The van der Waals surface area contributed by atoms with Gasteiger partial charge in [0.2, 0.25) is 0 Å². The molecule has 0 heterocycles. The van der Waals surface area contributed by atoms with Gasteiger partial charge in [0, 0.05) is 0 Å². The SMILES string of the molecule is O=Nc1ccc(ON(c2ccccc2)c2ccccc2)cc1. The Labute approximate surface area is 128 Å². The highest BCUT2D eigenvalue weighted by molar-refractivity contribution is 5.61. The first-order valence-corrected chi connectivity index (χ1v) is 6.88. The maximum absolute atomic E-state index is 10.5. The molecule has 0 amide bonds. The van der Waals surface area contributed by atoms with E-state index in [0.717, 1.165) is 11.4 Å². The highest BCUT2D eigenvalue weighted by atomic mass is 16.7. The largest absolute Gasteiger partial charge is 0.375 e. The lowest BCUT2D eigenvalue weighted by molar-refractivity contribution is 0.324. The molecule has 0 spiro atoms. The fraction of sp³-hybridized carbons (Fsp3) is 0. The van der Waals surface area contributed by atoms with Crippen LogP contribution in [0, 0.1) is 4.91 Å². The molecule has 3 aromatic carbocycles. The van der Waals surface area contributed by atoms with Crippen molar-refractivity contribution in [3.8, 4) is 5.75 Å². The van der Waals surface area contributed by atoms with Gasteiger partial charge in [0.05, 0.1) is 11.4 Å². The molecule has 0 unspecified atom stereocenters. The molecule has 0 bridgehead atoms. The molecule has 4 nitrogen and oxygen atoms in total. The molecule has 0 radical (unpaired) electrons. The summed E-state index contributed by atoms with van der Waals surface area (Å²) >= 11 is 0. The normalized spacial score (nSPS) is 10.0. The van der Waals surface area contributed by atoms with E-state index in [4.69, 9.17) is 4.84 Å². The average Bonchev–Trinajstić information content (AvgIpc) is 2.62. The van der Waals surface area contributed by atoms with Gasteiger partial charge in [-0.3, -0.25) is 0 Å². The van der Waals surface area contributed by atoms with Crippen molar-refractivity contribution in [3.63, 3.8) is 0 Å². The molecule has 0 saturated carbocycles. The number of nitrogens with zero attached hydrogens (tertiary/aromatic N) is 2. The zero-order chi connectivity index (χ0) is 15.2. The maximum Gasteiger partial charge on any atom is 0.156 e. The lowest BCUT2D eigenvalue weighted by Gasteiger charge is -2.24. The van der Waals surface area contributed by atoms with Gasteiger partial charge >= 0.3 is 0 Å². The first-order chi connectivity index (χ1) is 10.9. The molecule has 0 atom stereocenters. The van der Waals surface area contributed by atoms with Gasteiger partial charge in [0.15, 0.2) is 5.75 Å². The van der Waals surface area contributed by atoms with Crippen molar-refractivity contribution in [2.24, 2.45) is 5.18 Å². The van der Waals surface area contributed by atoms with Gasteiger partial charge in [-0.25, -0.2) is 0 Å². The molecule has 108 valence electrons. The second kappa shape index (κ2) is 6.54. The monoisotopic (exact) mass is 290 g/mol. The van der Waals surface area contributed by atoms with Crippen LogP contribution in [-0.4, -0.2) is 0 Å². The van der Waals surface area contributed by atoms with Crippen molar-refractivity contribution in [2.75, 3.05) is 5.06 Å². The smallest absolute Gasteiger partial charge is 0.156 e. The van der Waals surface area contributed by atoms with Crippen molar-refractivity contribution in [1.82, 2.24) is 0 Å². The number of hydrogen-bond acceptors (Lipinski definition) is 4. The van der Waals surface area contributed by atoms with Gasteiger partial charge in [-0.2, -0.15) is 5.06 Å². The fourth-order valence-corrected chi connectivity index (χ4v) is 2.05. The molecule has 0 aliphatic heterocycles. The third-order valence-corrected chi connectivity index (χ3v) is 3.12. The maximum atomic E-state index is 10.5. The minimum absolute atomic E-state index is 0.373. The molecule has 0 aromatic heterocycles. The molecular weight excluding hydrogens is 276 g/mol. The third-order valence-electron chi connectivity index (χ3n) is 3.12.